The Morgan fingerprint density at radius 1 is 1.22 bits per heavy atom. The highest BCUT2D eigenvalue weighted by molar-refractivity contribution is 5.74. The summed E-state index contributed by atoms with van der Waals surface area (Å²) in [5.41, 5.74) is -0.156. The molecule has 108 valence electrons. The summed E-state index contributed by atoms with van der Waals surface area (Å²) < 4.78 is 5.58. The zero-order valence-corrected chi connectivity index (χ0v) is 13.1. The summed E-state index contributed by atoms with van der Waals surface area (Å²) in [6, 6.07) is 0. The van der Waals surface area contributed by atoms with Crippen molar-refractivity contribution in [2.24, 2.45) is 0 Å². The predicted octanol–water partition coefficient (Wildman–Crippen LogP) is 1.99. The maximum absolute atomic E-state index is 11.8. The third-order valence-corrected chi connectivity index (χ3v) is 3.05. The van der Waals surface area contributed by atoms with E-state index >= 15 is 0 Å². The molecule has 0 spiro atoms. The van der Waals surface area contributed by atoms with Gasteiger partial charge in [0.1, 0.15) is 0 Å². The minimum Gasteiger partial charge on any atom is -0.379 e. The molecule has 0 saturated carbocycles. The molecule has 4 heteroatoms. The van der Waals surface area contributed by atoms with E-state index in [9.17, 15) is 4.79 Å². The zero-order chi connectivity index (χ0) is 14.3. The smallest absolute Gasteiger partial charge is 0.219 e. The highest BCUT2D eigenvalue weighted by Gasteiger charge is 2.28. The monoisotopic (exact) mass is 258 g/mol. The average molecular weight is 258 g/mol. The van der Waals surface area contributed by atoms with E-state index in [2.05, 4.69) is 18.7 Å². The van der Waals surface area contributed by atoms with E-state index in [0.717, 1.165) is 19.5 Å². The molecule has 0 aromatic rings. The molecule has 0 aliphatic heterocycles. The van der Waals surface area contributed by atoms with E-state index in [0.29, 0.717) is 6.61 Å². The van der Waals surface area contributed by atoms with Crippen LogP contribution in [0.25, 0.3) is 0 Å². The lowest BCUT2D eigenvalue weighted by Gasteiger charge is -2.39. The van der Waals surface area contributed by atoms with Crippen LogP contribution in [0.2, 0.25) is 0 Å². The van der Waals surface area contributed by atoms with Crippen molar-refractivity contribution >= 4 is 5.91 Å². The minimum atomic E-state index is -0.156. The quantitative estimate of drug-likeness (QED) is 0.667. The van der Waals surface area contributed by atoms with E-state index in [1.54, 1.807) is 6.92 Å². The number of carbonyl (C=O) groups excluding carboxylic acids is 1. The number of rotatable bonds is 8. The van der Waals surface area contributed by atoms with Crippen LogP contribution in [0, 0.1) is 0 Å². The minimum absolute atomic E-state index is 0.131. The lowest BCUT2D eigenvalue weighted by Crippen LogP contribution is -2.50. The number of carbonyl (C=O) groups is 1. The third-order valence-electron chi connectivity index (χ3n) is 3.05. The van der Waals surface area contributed by atoms with Crippen LogP contribution in [0.5, 0.6) is 0 Å². The second kappa shape index (κ2) is 7.74. The fourth-order valence-corrected chi connectivity index (χ4v) is 1.87. The summed E-state index contributed by atoms with van der Waals surface area (Å²) >= 11 is 0. The van der Waals surface area contributed by atoms with Gasteiger partial charge in [0.25, 0.3) is 0 Å². The fourth-order valence-electron chi connectivity index (χ4n) is 1.87. The van der Waals surface area contributed by atoms with Gasteiger partial charge in [0.05, 0.1) is 6.10 Å². The first-order valence-corrected chi connectivity index (χ1v) is 6.71. The molecule has 0 rings (SSSR count). The predicted molar refractivity (Wildman–Crippen MR) is 75.7 cm³/mol. The molecule has 0 unspecified atom stereocenters. The topological polar surface area (TPSA) is 32.8 Å². The largest absolute Gasteiger partial charge is 0.379 e. The first kappa shape index (κ1) is 17.4. The van der Waals surface area contributed by atoms with E-state index < -0.39 is 0 Å². The summed E-state index contributed by atoms with van der Waals surface area (Å²) in [6.07, 6.45) is 1.10. The van der Waals surface area contributed by atoms with Crippen molar-refractivity contribution in [1.29, 1.82) is 0 Å². The third kappa shape index (κ3) is 6.97. The highest BCUT2D eigenvalue weighted by Crippen LogP contribution is 2.19. The number of hydrogen-bond donors (Lipinski definition) is 0. The summed E-state index contributed by atoms with van der Waals surface area (Å²) in [5, 5.41) is 0. The Morgan fingerprint density at radius 3 is 2.17 bits per heavy atom. The lowest BCUT2D eigenvalue weighted by molar-refractivity contribution is -0.135. The Kier molecular flexibility index (Phi) is 7.48. The van der Waals surface area contributed by atoms with E-state index in [4.69, 9.17) is 4.74 Å². The van der Waals surface area contributed by atoms with Crippen molar-refractivity contribution in [3.63, 3.8) is 0 Å². The van der Waals surface area contributed by atoms with Gasteiger partial charge in [0.15, 0.2) is 0 Å². The van der Waals surface area contributed by atoms with Gasteiger partial charge in [-0.15, -0.1) is 0 Å². The number of nitrogens with zero attached hydrogens (tertiary/aromatic N) is 2. The SMILES string of the molecule is CC(=O)N(CCN(C)C)C(C)(C)CCOC(C)C. The van der Waals surface area contributed by atoms with E-state index in [1.165, 1.54) is 0 Å². The normalized spacial score (nSPS) is 12.3. The van der Waals surface area contributed by atoms with Gasteiger partial charge in [0.2, 0.25) is 5.91 Å². The first-order valence-electron chi connectivity index (χ1n) is 6.71. The molecule has 0 fully saturated rings. The number of hydrogen-bond acceptors (Lipinski definition) is 3. The molecule has 1 amide bonds. The number of amides is 1. The molecule has 4 nitrogen and oxygen atoms in total. The van der Waals surface area contributed by atoms with Crippen molar-refractivity contribution in [3.05, 3.63) is 0 Å². The van der Waals surface area contributed by atoms with Crippen LogP contribution in [-0.4, -0.2) is 61.1 Å². The fraction of sp³-hybridized carbons (Fsp3) is 0.929. The van der Waals surface area contributed by atoms with Gasteiger partial charge in [0, 0.05) is 32.2 Å². The van der Waals surface area contributed by atoms with Crippen LogP contribution in [0.1, 0.15) is 41.0 Å². The van der Waals surface area contributed by atoms with Gasteiger partial charge >= 0.3 is 0 Å². The molecule has 18 heavy (non-hydrogen) atoms. The number of ether oxygens (including phenoxy) is 1. The molecule has 0 atom stereocenters. The lowest BCUT2D eigenvalue weighted by atomic mass is 9.98. The first-order chi connectivity index (χ1) is 8.16. The van der Waals surface area contributed by atoms with Gasteiger partial charge in [-0.25, -0.2) is 0 Å². The maximum atomic E-state index is 11.8. The van der Waals surface area contributed by atoms with Crippen molar-refractivity contribution in [1.82, 2.24) is 9.80 Å². The van der Waals surface area contributed by atoms with Crippen LogP contribution in [0.4, 0.5) is 0 Å². The van der Waals surface area contributed by atoms with Gasteiger partial charge in [-0.05, 0) is 48.2 Å². The molecule has 0 aromatic carbocycles. The molecule has 0 heterocycles. The van der Waals surface area contributed by atoms with Gasteiger partial charge in [-0.1, -0.05) is 0 Å². The van der Waals surface area contributed by atoms with Crippen molar-refractivity contribution < 1.29 is 9.53 Å². The molecule has 0 saturated heterocycles. The van der Waals surface area contributed by atoms with Gasteiger partial charge in [-0.3, -0.25) is 4.79 Å². The molecule has 0 aromatic heterocycles. The Labute approximate surface area is 112 Å². The Hall–Kier alpha value is -0.610. The van der Waals surface area contributed by atoms with Crippen molar-refractivity contribution in [2.45, 2.75) is 52.7 Å². The average Bonchev–Trinajstić information content (AvgIpc) is 2.14. The van der Waals surface area contributed by atoms with Gasteiger partial charge < -0.3 is 14.5 Å². The zero-order valence-electron chi connectivity index (χ0n) is 13.1. The molecule has 0 N–H and O–H groups in total. The van der Waals surface area contributed by atoms with Crippen molar-refractivity contribution in [2.75, 3.05) is 33.8 Å². The molecule has 0 aliphatic rings. The molecule has 0 bridgehead atoms. The van der Waals surface area contributed by atoms with E-state index in [1.807, 2.05) is 32.8 Å². The standard InChI is InChI=1S/C14H30N2O2/c1-12(2)18-11-8-14(4,5)16(13(3)17)10-9-15(6)7/h12H,8-11H2,1-7H3. The molecule has 0 radical (unpaired) electrons. The molecule has 0 aliphatic carbocycles. The second-order valence-corrected chi connectivity index (χ2v) is 5.96. The van der Waals surface area contributed by atoms with Crippen LogP contribution in [-0.2, 0) is 9.53 Å². The Bertz CT molecular complexity index is 250. The van der Waals surface area contributed by atoms with Crippen LogP contribution in [0.3, 0.4) is 0 Å². The van der Waals surface area contributed by atoms with Crippen LogP contribution < -0.4 is 0 Å². The molecular formula is C14H30N2O2. The summed E-state index contributed by atoms with van der Waals surface area (Å²) in [4.78, 5) is 15.8. The summed E-state index contributed by atoms with van der Waals surface area (Å²) in [6.45, 7) is 12.2. The maximum Gasteiger partial charge on any atom is 0.219 e. The Morgan fingerprint density at radius 2 is 1.78 bits per heavy atom. The second-order valence-electron chi connectivity index (χ2n) is 5.96. The van der Waals surface area contributed by atoms with Crippen molar-refractivity contribution in [3.8, 4) is 0 Å². The van der Waals surface area contributed by atoms with Gasteiger partial charge in [-0.2, -0.15) is 0 Å². The summed E-state index contributed by atoms with van der Waals surface area (Å²) in [5.74, 6) is 0.131. The van der Waals surface area contributed by atoms with Crippen LogP contribution >= 0.6 is 0 Å². The summed E-state index contributed by atoms with van der Waals surface area (Å²) in [7, 11) is 4.04. The van der Waals surface area contributed by atoms with Crippen LogP contribution in [0.15, 0.2) is 0 Å². The molecular weight excluding hydrogens is 228 g/mol. The highest BCUT2D eigenvalue weighted by atomic mass is 16.5. The number of likely N-dealkylation sites (N-methyl/N-ethyl adjacent to an activating group) is 1. The Balaban J connectivity index is 4.41. The van der Waals surface area contributed by atoms with E-state index in [-0.39, 0.29) is 17.6 Å².